The first-order chi connectivity index (χ1) is 9.47. The molecule has 0 aromatic carbocycles. The summed E-state index contributed by atoms with van der Waals surface area (Å²) in [5.74, 6) is 1.06. The van der Waals surface area contributed by atoms with Gasteiger partial charge in [-0.25, -0.2) is 18.1 Å². The average Bonchev–Trinajstić information content (AvgIpc) is 3.05. The van der Waals surface area contributed by atoms with E-state index in [2.05, 4.69) is 9.71 Å². The third-order valence-electron chi connectivity index (χ3n) is 4.10. The van der Waals surface area contributed by atoms with Gasteiger partial charge >= 0.3 is 0 Å². The molecule has 1 aliphatic carbocycles. The van der Waals surface area contributed by atoms with Crippen LogP contribution in [0.25, 0.3) is 0 Å². The molecule has 6 nitrogen and oxygen atoms in total. The van der Waals surface area contributed by atoms with Crippen molar-refractivity contribution in [2.75, 3.05) is 6.54 Å². The minimum atomic E-state index is -3.58. The van der Waals surface area contributed by atoms with Gasteiger partial charge in [-0.15, -0.1) is 0 Å². The first kappa shape index (κ1) is 15.5. The zero-order valence-corrected chi connectivity index (χ0v) is 13.0. The number of nitrogens with two attached hydrogens (primary N) is 1. The van der Waals surface area contributed by atoms with Gasteiger partial charge < -0.3 is 10.3 Å². The number of hydrogen-bond donors (Lipinski definition) is 2. The lowest BCUT2D eigenvalue weighted by molar-refractivity contribution is 0.405. The summed E-state index contributed by atoms with van der Waals surface area (Å²) in [5, 5.41) is 0.0910. The fraction of sp³-hybridized carbons (Fsp3) is 0.769. The highest BCUT2D eigenvalue weighted by Gasteiger charge is 2.29. The quantitative estimate of drug-likeness (QED) is 0.820. The van der Waals surface area contributed by atoms with E-state index in [4.69, 9.17) is 5.73 Å². The Labute approximate surface area is 120 Å². The van der Waals surface area contributed by atoms with E-state index in [0.29, 0.717) is 24.8 Å². The summed E-state index contributed by atoms with van der Waals surface area (Å²) in [6.07, 6.45) is 6.00. The van der Waals surface area contributed by atoms with Gasteiger partial charge in [0, 0.05) is 25.3 Å². The van der Waals surface area contributed by atoms with Crippen molar-refractivity contribution in [1.29, 1.82) is 0 Å². The highest BCUT2D eigenvalue weighted by molar-refractivity contribution is 7.89. The summed E-state index contributed by atoms with van der Waals surface area (Å²) in [6, 6.07) is -0.186. The Bertz CT molecular complexity index is 547. The zero-order valence-electron chi connectivity index (χ0n) is 12.2. The second-order valence-electron chi connectivity index (χ2n) is 5.42. The Morgan fingerprint density at radius 2 is 2.15 bits per heavy atom. The Hall–Kier alpha value is -0.920. The molecule has 0 saturated heterocycles. The number of imidazole rings is 1. The first-order valence-electron chi connectivity index (χ1n) is 7.24. The second-order valence-corrected chi connectivity index (χ2v) is 7.08. The molecule has 2 rings (SSSR count). The summed E-state index contributed by atoms with van der Waals surface area (Å²) < 4.78 is 29.4. The van der Waals surface area contributed by atoms with Crippen LogP contribution >= 0.6 is 0 Å². The van der Waals surface area contributed by atoms with Crippen LogP contribution < -0.4 is 10.5 Å². The molecule has 1 atom stereocenters. The van der Waals surface area contributed by atoms with E-state index >= 15 is 0 Å². The lowest BCUT2D eigenvalue weighted by Gasteiger charge is -2.22. The maximum Gasteiger partial charge on any atom is 0.259 e. The van der Waals surface area contributed by atoms with Gasteiger partial charge in [-0.1, -0.05) is 12.8 Å². The van der Waals surface area contributed by atoms with Crippen molar-refractivity contribution < 1.29 is 8.42 Å². The average molecular weight is 300 g/mol. The molecule has 0 aliphatic heterocycles. The van der Waals surface area contributed by atoms with Gasteiger partial charge in [0.1, 0.15) is 5.82 Å². The van der Waals surface area contributed by atoms with E-state index in [1.165, 1.54) is 0 Å². The minimum Gasteiger partial charge on any atom is -0.334 e. The molecule has 1 saturated carbocycles. The molecule has 0 radical (unpaired) electrons. The Kier molecular flexibility index (Phi) is 4.82. The second kappa shape index (κ2) is 6.24. The number of hydrogen-bond acceptors (Lipinski definition) is 4. The maximum absolute atomic E-state index is 12.4. The monoisotopic (exact) mass is 300 g/mol. The van der Waals surface area contributed by atoms with Crippen LogP contribution in [0.1, 0.15) is 38.4 Å². The van der Waals surface area contributed by atoms with E-state index in [1.54, 1.807) is 13.1 Å². The van der Waals surface area contributed by atoms with E-state index < -0.39 is 10.0 Å². The van der Waals surface area contributed by atoms with Gasteiger partial charge in [0.2, 0.25) is 0 Å². The van der Waals surface area contributed by atoms with Crippen LogP contribution in [0.4, 0.5) is 0 Å². The highest BCUT2D eigenvalue weighted by atomic mass is 32.2. The molecule has 1 aromatic rings. The van der Waals surface area contributed by atoms with Gasteiger partial charge in [0.25, 0.3) is 10.0 Å². The standard InChI is InChI=1S/C13H24N4O2S/c1-3-17-9-13(15-10(17)2)20(18,19)16-12(8-14)11-6-4-5-7-11/h9,11-12,16H,3-8,14H2,1-2H3. The molecule has 1 aliphatic rings. The fourth-order valence-corrected chi connectivity index (χ4v) is 4.21. The summed E-state index contributed by atoms with van der Waals surface area (Å²) >= 11 is 0. The van der Waals surface area contributed by atoms with Gasteiger partial charge in [-0.3, -0.25) is 0 Å². The molecule has 0 amide bonds. The van der Waals surface area contributed by atoms with Crippen molar-refractivity contribution in [3.63, 3.8) is 0 Å². The third-order valence-corrected chi connectivity index (χ3v) is 5.46. The van der Waals surface area contributed by atoms with Gasteiger partial charge in [-0.2, -0.15) is 0 Å². The molecule has 1 unspecified atom stereocenters. The van der Waals surface area contributed by atoms with E-state index in [-0.39, 0.29) is 11.1 Å². The Balaban J connectivity index is 2.16. The van der Waals surface area contributed by atoms with Gasteiger partial charge in [0.15, 0.2) is 5.03 Å². The summed E-state index contributed by atoms with van der Waals surface area (Å²) in [6.45, 7) is 4.80. The number of aryl methyl sites for hydroxylation is 2. The predicted molar refractivity (Wildman–Crippen MR) is 77.8 cm³/mol. The van der Waals surface area contributed by atoms with Crippen LogP contribution in [-0.4, -0.2) is 30.6 Å². The number of rotatable bonds is 6. The highest BCUT2D eigenvalue weighted by Crippen LogP contribution is 2.28. The van der Waals surface area contributed by atoms with Crippen LogP contribution in [0.15, 0.2) is 11.2 Å². The summed E-state index contributed by atoms with van der Waals surface area (Å²) in [5.41, 5.74) is 5.75. The lowest BCUT2D eigenvalue weighted by Crippen LogP contribution is -2.44. The van der Waals surface area contributed by atoms with Crippen LogP contribution in [0, 0.1) is 12.8 Å². The smallest absolute Gasteiger partial charge is 0.259 e. The Morgan fingerprint density at radius 1 is 1.50 bits per heavy atom. The molecule has 20 heavy (non-hydrogen) atoms. The maximum atomic E-state index is 12.4. The topological polar surface area (TPSA) is 90.0 Å². The van der Waals surface area contributed by atoms with Crippen LogP contribution in [0.2, 0.25) is 0 Å². The molecule has 1 fully saturated rings. The third kappa shape index (κ3) is 3.21. The van der Waals surface area contributed by atoms with Crippen LogP contribution in [0.3, 0.4) is 0 Å². The Morgan fingerprint density at radius 3 is 2.65 bits per heavy atom. The molecule has 7 heteroatoms. The van der Waals surface area contributed by atoms with Gasteiger partial charge in [-0.05, 0) is 32.6 Å². The summed E-state index contributed by atoms with van der Waals surface area (Å²) in [4.78, 5) is 4.14. The first-order valence-corrected chi connectivity index (χ1v) is 8.72. The molecule has 114 valence electrons. The SMILES string of the molecule is CCn1cc(S(=O)(=O)NC(CN)C2CCCC2)nc1C. The van der Waals surface area contributed by atoms with Crippen LogP contribution in [0.5, 0.6) is 0 Å². The molecule has 1 heterocycles. The predicted octanol–water partition coefficient (Wildman–Crippen LogP) is 1.01. The lowest BCUT2D eigenvalue weighted by atomic mass is 9.99. The fourth-order valence-electron chi connectivity index (χ4n) is 2.89. The number of aromatic nitrogens is 2. The normalized spacial score (nSPS) is 18.6. The van der Waals surface area contributed by atoms with Crippen LogP contribution in [-0.2, 0) is 16.6 Å². The zero-order chi connectivity index (χ0) is 14.8. The summed E-state index contributed by atoms with van der Waals surface area (Å²) in [7, 11) is -3.58. The van der Waals surface area contributed by atoms with Crippen molar-refractivity contribution in [2.45, 2.75) is 57.1 Å². The van der Waals surface area contributed by atoms with E-state index in [1.807, 2.05) is 11.5 Å². The van der Waals surface area contributed by atoms with E-state index in [0.717, 1.165) is 25.7 Å². The van der Waals surface area contributed by atoms with E-state index in [9.17, 15) is 8.42 Å². The number of nitrogens with one attached hydrogen (secondary N) is 1. The number of nitrogens with zero attached hydrogens (tertiary/aromatic N) is 2. The van der Waals surface area contributed by atoms with Crippen molar-refractivity contribution in [3.05, 3.63) is 12.0 Å². The molecule has 0 bridgehead atoms. The molecular weight excluding hydrogens is 276 g/mol. The van der Waals surface area contributed by atoms with Crippen molar-refractivity contribution in [1.82, 2.24) is 14.3 Å². The number of sulfonamides is 1. The molecule has 0 spiro atoms. The largest absolute Gasteiger partial charge is 0.334 e. The molecule has 3 N–H and O–H groups in total. The molecular formula is C13H24N4O2S. The van der Waals surface area contributed by atoms with Crippen molar-refractivity contribution >= 4 is 10.0 Å². The van der Waals surface area contributed by atoms with Gasteiger partial charge in [0.05, 0.1) is 0 Å². The molecule has 1 aromatic heterocycles. The van der Waals surface area contributed by atoms with Crippen molar-refractivity contribution in [3.8, 4) is 0 Å². The van der Waals surface area contributed by atoms with Crippen molar-refractivity contribution in [2.24, 2.45) is 11.7 Å². The minimum absolute atomic E-state index is 0.0910.